The number of aliphatic hydroxyl groups is 1. The zero-order chi connectivity index (χ0) is 14.4. The lowest BCUT2D eigenvalue weighted by Crippen LogP contribution is -2.03. The first-order valence-electron chi connectivity index (χ1n) is 6.48. The Morgan fingerprint density at radius 3 is 2.35 bits per heavy atom. The number of rotatable bonds is 6. The third kappa shape index (κ3) is 3.65. The van der Waals surface area contributed by atoms with E-state index in [1.165, 1.54) is 5.56 Å². The smallest absolute Gasteiger partial charge is 0.161 e. The van der Waals surface area contributed by atoms with Gasteiger partial charge in [-0.1, -0.05) is 18.2 Å². The van der Waals surface area contributed by atoms with Crippen molar-refractivity contribution in [3.63, 3.8) is 0 Å². The van der Waals surface area contributed by atoms with Gasteiger partial charge in [0.1, 0.15) is 0 Å². The SMILES string of the molecule is COc1cc(CO)ccc1OCCc1ccc(N)cc1. The number of aliphatic hydroxyl groups excluding tert-OH is 1. The van der Waals surface area contributed by atoms with E-state index >= 15 is 0 Å². The maximum Gasteiger partial charge on any atom is 0.161 e. The van der Waals surface area contributed by atoms with Crippen molar-refractivity contribution >= 4 is 5.69 Å². The van der Waals surface area contributed by atoms with E-state index in [4.69, 9.17) is 20.3 Å². The molecule has 0 aliphatic heterocycles. The predicted molar refractivity (Wildman–Crippen MR) is 79.0 cm³/mol. The maximum atomic E-state index is 9.09. The van der Waals surface area contributed by atoms with Gasteiger partial charge in [-0.05, 0) is 35.4 Å². The Balaban J connectivity index is 1.95. The van der Waals surface area contributed by atoms with Crippen molar-refractivity contribution < 1.29 is 14.6 Å². The minimum Gasteiger partial charge on any atom is -0.493 e. The minimum absolute atomic E-state index is 0.0118. The van der Waals surface area contributed by atoms with Crippen molar-refractivity contribution in [1.82, 2.24) is 0 Å². The first-order chi connectivity index (χ1) is 9.72. The van der Waals surface area contributed by atoms with Gasteiger partial charge in [-0.3, -0.25) is 0 Å². The zero-order valence-electron chi connectivity index (χ0n) is 11.5. The average molecular weight is 273 g/mol. The van der Waals surface area contributed by atoms with Crippen molar-refractivity contribution in [3.05, 3.63) is 53.6 Å². The van der Waals surface area contributed by atoms with Crippen molar-refractivity contribution in [2.45, 2.75) is 13.0 Å². The van der Waals surface area contributed by atoms with E-state index in [0.717, 1.165) is 17.7 Å². The summed E-state index contributed by atoms with van der Waals surface area (Å²) in [5.41, 5.74) is 8.37. The summed E-state index contributed by atoms with van der Waals surface area (Å²) in [6, 6.07) is 13.2. The summed E-state index contributed by atoms with van der Waals surface area (Å²) in [5.74, 6) is 1.31. The third-order valence-corrected chi connectivity index (χ3v) is 3.04. The molecule has 0 fully saturated rings. The fourth-order valence-electron chi connectivity index (χ4n) is 1.89. The second kappa shape index (κ2) is 6.82. The molecule has 4 nitrogen and oxygen atoms in total. The van der Waals surface area contributed by atoms with Gasteiger partial charge in [0.05, 0.1) is 20.3 Å². The van der Waals surface area contributed by atoms with Crippen LogP contribution in [0.3, 0.4) is 0 Å². The monoisotopic (exact) mass is 273 g/mol. The molecule has 0 amide bonds. The van der Waals surface area contributed by atoms with Gasteiger partial charge in [0.25, 0.3) is 0 Å². The molecular weight excluding hydrogens is 254 g/mol. The van der Waals surface area contributed by atoms with Crippen LogP contribution in [0.2, 0.25) is 0 Å². The van der Waals surface area contributed by atoms with E-state index in [1.807, 2.05) is 36.4 Å². The summed E-state index contributed by atoms with van der Waals surface area (Å²) >= 11 is 0. The first-order valence-corrected chi connectivity index (χ1v) is 6.48. The highest BCUT2D eigenvalue weighted by atomic mass is 16.5. The van der Waals surface area contributed by atoms with Crippen LogP contribution in [0.5, 0.6) is 11.5 Å². The molecular formula is C16H19NO3. The second-order valence-electron chi connectivity index (χ2n) is 4.48. The zero-order valence-corrected chi connectivity index (χ0v) is 11.5. The standard InChI is InChI=1S/C16H19NO3/c1-19-16-10-13(11-18)4-7-15(16)20-9-8-12-2-5-14(17)6-3-12/h2-7,10,18H,8-9,11,17H2,1H3. The fraction of sp³-hybridized carbons (Fsp3) is 0.250. The average Bonchev–Trinajstić information content (AvgIpc) is 2.49. The summed E-state index contributed by atoms with van der Waals surface area (Å²) in [4.78, 5) is 0. The lowest BCUT2D eigenvalue weighted by atomic mass is 10.1. The normalized spacial score (nSPS) is 10.3. The van der Waals surface area contributed by atoms with Crippen LogP contribution in [0, 0.1) is 0 Å². The highest BCUT2D eigenvalue weighted by Crippen LogP contribution is 2.28. The molecule has 0 bridgehead atoms. The molecule has 0 saturated carbocycles. The Labute approximate surface area is 118 Å². The minimum atomic E-state index is -0.0118. The molecule has 0 aliphatic carbocycles. The van der Waals surface area contributed by atoms with Crippen LogP contribution in [0.25, 0.3) is 0 Å². The Morgan fingerprint density at radius 1 is 1.00 bits per heavy atom. The molecule has 106 valence electrons. The number of methoxy groups -OCH3 is 1. The van der Waals surface area contributed by atoms with Gasteiger partial charge < -0.3 is 20.3 Å². The second-order valence-corrected chi connectivity index (χ2v) is 4.48. The summed E-state index contributed by atoms with van der Waals surface area (Å²) in [7, 11) is 1.59. The number of nitrogens with two attached hydrogens (primary N) is 1. The van der Waals surface area contributed by atoms with Crippen LogP contribution >= 0.6 is 0 Å². The summed E-state index contributed by atoms with van der Waals surface area (Å²) in [6.07, 6.45) is 0.797. The molecule has 0 radical (unpaired) electrons. The van der Waals surface area contributed by atoms with Crippen molar-refractivity contribution in [1.29, 1.82) is 0 Å². The van der Waals surface area contributed by atoms with Crippen LogP contribution in [0.15, 0.2) is 42.5 Å². The first kappa shape index (κ1) is 14.2. The van der Waals surface area contributed by atoms with Gasteiger partial charge in [-0.15, -0.1) is 0 Å². The molecule has 0 spiro atoms. The number of ether oxygens (including phenoxy) is 2. The van der Waals surface area contributed by atoms with Crippen LogP contribution in [0.1, 0.15) is 11.1 Å². The van der Waals surface area contributed by atoms with Crippen molar-refractivity contribution in [2.75, 3.05) is 19.5 Å². The molecule has 3 N–H and O–H groups in total. The van der Waals surface area contributed by atoms with Gasteiger partial charge in [-0.2, -0.15) is 0 Å². The molecule has 0 heterocycles. The Hall–Kier alpha value is -2.20. The topological polar surface area (TPSA) is 64.7 Å². The lowest BCUT2D eigenvalue weighted by molar-refractivity contribution is 0.277. The molecule has 2 aromatic rings. The molecule has 0 aliphatic rings. The number of anilines is 1. The van der Waals surface area contributed by atoms with Crippen molar-refractivity contribution in [2.24, 2.45) is 0 Å². The van der Waals surface area contributed by atoms with E-state index in [9.17, 15) is 0 Å². The summed E-state index contributed by atoms with van der Waals surface area (Å²) in [5, 5.41) is 9.09. The van der Waals surface area contributed by atoms with Crippen molar-refractivity contribution in [3.8, 4) is 11.5 Å². The summed E-state index contributed by atoms with van der Waals surface area (Å²) in [6.45, 7) is 0.542. The van der Waals surface area contributed by atoms with Gasteiger partial charge in [0, 0.05) is 12.1 Å². The van der Waals surface area contributed by atoms with Crippen LogP contribution in [-0.2, 0) is 13.0 Å². The van der Waals surface area contributed by atoms with E-state index in [1.54, 1.807) is 13.2 Å². The van der Waals surface area contributed by atoms with Gasteiger partial charge in [-0.25, -0.2) is 0 Å². The quantitative estimate of drug-likeness (QED) is 0.793. The van der Waals surface area contributed by atoms with E-state index in [0.29, 0.717) is 18.1 Å². The fourth-order valence-corrected chi connectivity index (χ4v) is 1.89. The predicted octanol–water partition coefficient (Wildman–Crippen LogP) is 2.39. The van der Waals surface area contributed by atoms with Crippen LogP contribution in [-0.4, -0.2) is 18.8 Å². The maximum absolute atomic E-state index is 9.09. The Bertz CT molecular complexity index is 552. The number of nitrogen functional groups attached to an aromatic ring is 1. The molecule has 2 rings (SSSR count). The summed E-state index contributed by atoms with van der Waals surface area (Å²) < 4.78 is 11.0. The van der Waals surface area contributed by atoms with Gasteiger partial charge >= 0.3 is 0 Å². The lowest BCUT2D eigenvalue weighted by Gasteiger charge is -2.11. The highest BCUT2D eigenvalue weighted by Gasteiger charge is 2.05. The van der Waals surface area contributed by atoms with Gasteiger partial charge in [0.2, 0.25) is 0 Å². The number of hydrogen-bond acceptors (Lipinski definition) is 4. The number of hydrogen-bond donors (Lipinski definition) is 2. The van der Waals surface area contributed by atoms with E-state index < -0.39 is 0 Å². The Kier molecular flexibility index (Phi) is 4.85. The largest absolute Gasteiger partial charge is 0.493 e. The molecule has 20 heavy (non-hydrogen) atoms. The van der Waals surface area contributed by atoms with E-state index in [2.05, 4.69) is 0 Å². The molecule has 0 unspecified atom stereocenters. The third-order valence-electron chi connectivity index (χ3n) is 3.04. The van der Waals surface area contributed by atoms with Gasteiger partial charge in [0.15, 0.2) is 11.5 Å². The Morgan fingerprint density at radius 2 is 1.70 bits per heavy atom. The van der Waals surface area contributed by atoms with Crippen LogP contribution < -0.4 is 15.2 Å². The van der Waals surface area contributed by atoms with Crippen LogP contribution in [0.4, 0.5) is 5.69 Å². The molecule has 0 aromatic heterocycles. The molecule has 0 saturated heterocycles. The molecule has 2 aromatic carbocycles. The van der Waals surface area contributed by atoms with E-state index in [-0.39, 0.29) is 6.61 Å². The molecule has 4 heteroatoms. The molecule has 0 atom stereocenters. The highest BCUT2D eigenvalue weighted by molar-refractivity contribution is 5.43. The number of benzene rings is 2.